The lowest BCUT2D eigenvalue weighted by Gasteiger charge is -2.00. The van der Waals surface area contributed by atoms with Gasteiger partial charge in [0.1, 0.15) is 0 Å². The lowest BCUT2D eigenvalue weighted by atomic mass is 10.2. The van der Waals surface area contributed by atoms with E-state index in [0.717, 1.165) is 34.2 Å². The van der Waals surface area contributed by atoms with Crippen LogP contribution in [0.4, 0.5) is 11.4 Å². The molecule has 0 fully saturated rings. The fourth-order valence-corrected chi connectivity index (χ4v) is 1.73. The van der Waals surface area contributed by atoms with Gasteiger partial charge < -0.3 is 11.5 Å². The van der Waals surface area contributed by atoms with Gasteiger partial charge in [-0.05, 0) is 58.0 Å². The van der Waals surface area contributed by atoms with Crippen LogP contribution in [-0.4, -0.2) is 11.4 Å². The Balaban J connectivity index is 3.00. The molecule has 1 aromatic carbocycles. The second-order valence-electron chi connectivity index (χ2n) is 4.68. The average Bonchev–Trinajstić information content (AvgIpc) is 2.46. The van der Waals surface area contributed by atoms with Crippen LogP contribution < -0.4 is 11.5 Å². The summed E-state index contributed by atoms with van der Waals surface area (Å²) in [5, 5.41) is 0. The summed E-state index contributed by atoms with van der Waals surface area (Å²) in [7, 11) is 0. The molecule has 0 bridgehead atoms. The molecule has 0 aromatic heterocycles. The van der Waals surface area contributed by atoms with Crippen LogP contribution in [0.25, 0.3) is 0 Å². The van der Waals surface area contributed by atoms with Crippen LogP contribution in [0.15, 0.2) is 57.8 Å². The Hall–Kier alpha value is -2.36. The molecule has 0 aliphatic rings. The van der Waals surface area contributed by atoms with E-state index in [2.05, 4.69) is 21.4 Å². The second-order valence-corrected chi connectivity index (χ2v) is 4.68. The molecular formula is C16H22N4. The SMILES string of the molecule is [2H]N/C(C)=C\C(C)=Nc1cccc(N=C(C)/C=C(/C)N[2H])c1. The third-order valence-electron chi connectivity index (χ3n) is 2.29. The molecule has 0 atom stereocenters. The van der Waals surface area contributed by atoms with E-state index < -0.39 is 0 Å². The van der Waals surface area contributed by atoms with Crippen molar-refractivity contribution in [3.63, 3.8) is 0 Å². The average molecular weight is 272 g/mol. The zero-order valence-corrected chi connectivity index (χ0v) is 12.4. The van der Waals surface area contributed by atoms with Crippen molar-refractivity contribution < 1.29 is 2.82 Å². The number of hydrogen-bond acceptors (Lipinski definition) is 4. The summed E-state index contributed by atoms with van der Waals surface area (Å²) in [6.45, 7) is 7.39. The maximum Gasteiger partial charge on any atom is 0.156 e. The Morgan fingerprint density at radius 2 is 1.40 bits per heavy atom. The fourth-order valence-electron chi connectivity index (χ4n) is 1.73. The van der Waals surface area contributed by atoms with Crippen LogP contribution in [0.2, 0.25) is 2.82 Å². The third-order valence-corrected chi connectivity index (χ3v) is 2.29. The van der Waals surface area contributed by atoms with Gasteiger partial charge in [-0.1, -0.05) is 6.07 Å². The maximum absolute atomic E-state index is 7.05. The smallest absolute Gasteiger partial charge is 0.156 e. The van der Waals surface area contributed by atoms with Gasteiger partial charge in [-0.25, -0.2) is 0 Å². The molecule has 0 saturated carbocycles. The zero-order chi connectivity index (χ0) is 16.5. The first-order valence-electron chi connectivity index (χ1n) is 7.37. The molecule has 0 spiro atoms. The highest BCUT2D eigenvalue weighted by atomic mass is 14.8. The summed E-state index contributed by atoms with van der Waals surface area (Å²) in [4.78, 5) is 8.96. The minimum atomic E-state index is 0.731. The summed E-state index contributed by atoms with van der Waals surface area (Å²) in [6, 6.07) is 7.60. The van der Waals surface area contributed by atoms with Gasteiger partial charge in [0.2, 0.25) is 0 Å². The summed E-state index contributed by atoms with van der Waals surface area (Å²) in [6.07, 6.45) is 3.61. The molecule has 0 unspecified atom stereocenters. The van der Waals surface area contributed by atoms with Crippen LogP contribution in [0.3, 0.4) is 0 Å². The highest BCUT2D eigenvalue weighted by Crippen LogP contribution is 2.21. The van der Waals surface area contributed by atoms with Crippen molar-refractivity contribution in [1.82, 2.24) is 0 Å². The molecule has 0 radical (unpaired) electrons. The van der Waals surface area contributed by atoms with Crippen LogP contribution in [0.5, 0.6) is 0 Å². The van der Waals surface area contributed by atoms with Gasteiger partial charge in [-0.3, -0.25) is 9.98 Å². The predicted molar refractivity (Wildman–Crippen MR) is 87.9 cm³/mol. The zero-order valence-electron chi connectivity index (χ0n) is 14.4. The first-order chi connectivity index (χ1) is 10.4. The van der Waals surface area contributed by atoms with E-state index in [-0.39, 0.29) is 0 Å². The molecule has 20 heavy (non-hydrogen) atoms. The maximum atomic E-state index is 7.05. The molecule has 4 heteroatoms. The molecule has 4 N–H and O–H groups in total. The lowest BCUT2D eigenvalue weighted by Crippen LogP contribution is -1.95. The molecule has 1 rings (SSSR count). The summed E-state index contributed by atoms with van der Waals surface area (Å²) in [5.41, 5.74) is 9.34. The number of nitrogens with two attached hydrogens (primary N) is 2. The van der Waals surface area contributed by atoms with Crippen molar-refractivity contribution in [2.75, 3.05) is 0 Å². The molecular weight excluding hydrogens is 248 g/mol. The highest BCUT2D eigenvalue weighted by molar-refractivity contribution is 5.96. The van der Waals surface area contributed by atoms with E-state index in [1.165, 1.54) is 0 Å². The van der Waals surface area contributed by atoms with Crippen molar-refractivity contribution >= 4 is 22.8 Å². The van der Waals surface area contributed by atoms with Gasteiger partial charge in [-0.2, -0.15) is 0 Å². The van der Waals surface area contributed by atoms with Gasteiger partial charge in [0.25, 0.3) is 0 Å². The second kappa shape index (κ2) is 7.28. The number of benzene rings is 1. The van der Waals surface area contributed by atoms with Crippen LogP contribution in [-0.2, 0) is 0 Å². The minimum Gasteiger partial charge on any atom is -0.402 e. The first-order valence-corrected chi connectivity index (χ1v) is 6.37. The van der Waals surface area contributed by atoms with E-state index in [0.29, 0.717) is 0 Å². The Morgan fingerprint density at radius 3 is 1.80 bits per heavy atom. The van der Waals surface area contributed by atoms with Crippen LogP contribution in [0, 0.1) is 0 Å². The highest BCUT2D eigenvalue weighted by Gasteiger charge is 1.95. The molecule has 0 heterocycles. The fraction of sp³-hybridized carbons (Fsp3) is 0.250. The van der Waals surface area contributed by atoms with Gasteiger partial charge in [0, 0.05) is 22.8 Å². The van der Waals surface area contributed by atoms with Crippen molar-refractivity contribution in [2.24, 2.45) is 21.4 Å². The van der Waals surface area contributed by atoms with Crippen molar-refractivity contribution in [1.29, 1.82) is 0 Å². The van der Waals surface area contributed by atoms with E-state index in [1.807, 2.05) is 52.0 Å². The van der Waals surface area contributed by atoms with Gasteiger partial charge in [-0.15, -0.1) is 0 Å². The third kappa shape index (κ3) is 6.00. The molecule has 106 valence electrons. The normalized spacial score (nSPS) is 15.6. The van der Waals surface area contributed by atoms with E-state index in [1.54, 1.807) is 12.2 Å². The molecule has 0 saturated heterocycles. The van der Waals surface area contributed by atoms with Crippen LogP contribution in [0.1, 0.15) is 27.7 Å². The molecule has 1 aromatic rings. The largest absolute Gasteiger partial charge is 0.402 e. The summed E-state index contributed by atoms with van der Waals surface area (Å²) < 4.78 is 14.1. The van der Waals surface area contributed by atoms with Crippen molar-refractivity contribution in [3.05, 3.63) is 47.8 Å². The topological polar surface area (TPSA) is 76.8 Å². The predicted octanol–water partition coefficient (Wildman–Crippen LogP) is 3.60. The van der Waals surface area contributed by atoms with Crippen LogP contribution >= 0.6 is 0 Å². The number of allylic oxidation sites excluding steroid dienone is 4. The van der Waals surface area contributed by atoms with E-state index in [9.17, 15) is 0 Å². The van der Waals surface area contributed by atoms with Gasteiger partial charge in [0.05, 0.1) is 11.4 Å². The van der Waals surface area contributed by atoms with Gasteiger partial charge in [0.15, 0.2) is 2.82 Å². The monoisotopic (exact) mass is 272 g/mol. The summed E-state index contributed by atoms with van der Waals surface area (Å²) in [5.74, 6) is 0. The molecule has 0 aliphatic carbocycles. The molecule has 0 amide bonds. The quantitative estimate of drug-likeness (QED) is 0.776. The Kier molecular flexibility index (Phi) is 4.61. The Morgan fingerprint density at radius 1 is 0.950 bits per heavy atom. The van der Waals surface area contributed by atoms with E-state index >= 15 is 0 Å². The first kappa shape index (κ1) is 12.7. The number of nitrogens with zero attached hydrogens (tertiary/aromatic N) is 2. The number of aliphatic imine (C=N–C) groups is 2. The summed E-state index contributed by atoms with van der Waals surface area (Å²) >= 11 is 0. The van der Waals surface area contributed by atoms with Crippen molar-refractivity contribution in [3.8, 4) is 0 Å². The Labute approximate surface area is 123 Å². The number of rotatable bonds is 6. The van der Waals surface area contributed by atoms with E-state index in [4.69, 9.17) is 2.82 Å². The number of hydrogen-bond donors (Lipinski definition) is 2. The van der Waals surface area contributed by atoms with Gasteiger partial charge >= 0.3 is 0 Å². The molecule has 4 nitrogen and oxygen atoms in total. The van der Waals surface area contributed by atoms with Crippen molar-refractivity contribution in [2.45, 2.75) is 27.7 Å². The molecule has 0 aliphatic heterocycles. The minimum absolute atomic E-state index is 0.731. The lowest BCUT2D eigenvalue weighted by molar-refractivity contribution is 1.32. The Bertz CT molecular complexity index is 580. The standard InChI is InChI=1S/C16H22N4/c1-11(17)8-13(3)19-15-6-5-7-16(10-15)20-14(4)9-12(2)18/h5-10H,17-18H2,1-4H3/b11-8-,12-9-,19-13?,20-14?/i/hD2.